The summed E-state index contributed by atoms with van der Waals surface area (Å²) in [6.45, 7) is 3.39. The number of halogens is 1. The maximum absolute atomic E-state index is 6.45. The topological polar surface area (TPSA) is 47.0 Å². The molecule has 4 aromatic rings. The van der Waals surface area contributed by atoms with Gasteiger partial charge in [0.1, 0.15) is 11.6 Å². The van der Waals surface area contributed by atoms with Gasteiger partial charge in [-0.2, -0.15) is 0 Å². The number of benzene rings is 2. The van der Waals surface area contributed by atoms with Gasteiger partial charge >= 0.3 is 0 Å². The fourth-order valence-electron chi connectivity index (χ4n) is 3.73. The SMILES string of the molecule is Cc1nc2c(c(NCc3ccccc3)nc3c(Cl)cccc32)c2c1CCO2. The van der Waals surface area contributed by atoms with Crippen molar-refractivity contribution in [2.45, 2.75) is 19.9 Å². The molecule has 0 unspecified atom stereocenters. The third kappa shape index (κ3) is 2.68. The van der Waals surface area contributed by atoms with E-state index in [-0.39, 0.29) is 0 Å². The number of ether oxygens (including phenoxy) is 1. The Hall–Kier alpha value is -2.85. The average molecular weight is 376 g/mol. The van der Waals surface area contributed by atoms with Crippen molar-refractivity contribution < 1.29 is 4.74 Å². The lowest BCUT2D eigenvalue weighted by atomic mass is 10.0. The summed E-state index contributed by atoms with van der Waals surface area (Å²) in [5.41, 5.74) is 5.01. The summed E-state index contributed by atoms with van der Waals surface area (Å²) in [6.07, 6.45) is 0.885. The molecule has 5 heteroatoms. The van der Waals surface area contributed by atoms with Gasteiger partial charge in [-0.05, 0) is 18.6 Å². The molecule has 2 aromatic heterocycles. The Morgan fingerprint density at radius 2 is 1.89 bits per heavy atom. The standard InChI is InChI=1S/C22H18ClN3O/c1-13-15-10-11-27-21(15)18-20(25-13)16-8-5-9-17(23)19(16)26-22(18)24-12-14-6-3-2-4-7-14/h2-9H,10-12H2,1H3,(H,24,26). The molecule has 0 atom stereocenters. The van der Waals surface area contributed by atoms with Crippen molar-refractivity contribution in [1.82, 2.24) is 9.97 Å². The largest absolute Gasteiger partial charge is 0.492 e. The number of nitrogens with zero attached hydrogens (tertiary/aromatic N) is 2. The monoisotopic (exact) mass is 375 g/mol. The zero-order valence-electron chi connectivity index (χ0n) is 14.9. The van der Waals surface area contributed by atoms with Crippen LogP contribution in [0, 0.1) is 6.92 Å². The van der Waals surface area contributed by atoms with Gasteiger partial charge in [0.15, 0.2) is 0 Å². The molecule has 1 aliphatic heterocycles. The smallest absolute Gasteiger partial charge is 0.140 e. The van der Waals surface area contributed by atoms with E-state index in [9.17, 15) is 0 Å². The van der Waals surface area contributed by atoms with E-state index in [1.165, 1.54) is 11.1 Å². The molecule has 0 amide bonds. The van der Waals surface area contributed by atoms with Gasteiger partial charge in [0.2, 0.25) is 0 Å². The molecule has 2 aromatic carbocycles. The highest BCUT2D eigenvalue weighted by Gasteiger charge is 2.24. The van der Waals surface area contributed by atoms with Crippen molar-refractivity contribution in [3.63, 3.8) is 0 Å². The number of rotatable bonds is 3. The van der Waals surface area contributed by atoms with Crippen LogP contribution in [-0.2, 0) is 13.0 Å². The minimum absolute atomic E-state index is 0.623. The van der Waals surface area contributed by atoms with Crippen LogP contribution in [0.5, 0.6) is 5.75 Å². The summed E-state index contributed by atoms with van der Waals surface area (Å²) in [7, 11) is 0. The van der Waals surface area contributed by atoms with Crippen LogP contribution in [0.1, 0.15) is 16.8 Å². The van der Waals surface area contributed by atoms with Crippen LogP contribution in [0.25, 0.3) is 21.8 Å². The molecule has 0 saturated carbocycles. The van der Waals surface area contributed by atoms with Gasteiger partial charge in [0.05, 0.1) is 28.0 Å². The lowest BCUT2D eigenvalue weighted by Gasteiger charge is -2.15. The number of hydrogen-bond acceptors (Lipinski definition) is 4. The Morgan fingerprint density at radius 1 is 1.04 bits per heavy atom. The number of nitrogens with one attached hydrogen (secondary N) is 1. The van der Waals surface area contributed by atoms with Crippen molar-refractivity contribution >= 4 is 39.2 Å². The molecule has 4 nitrogen and oxygen atoms in total. The van der Waals surface area contributed by atoms with E-state index in [1.54, 1.807) is 0 Å². The van der Waals surface area contributed by atoms with Gasteiger partial charge in [-0.3, -0.25) is 4.98 Å². The predicted octanol–water partition coefficient (Wildman–Crippen LogP) is 5.29. The van der Waals surface area contributed by atoms with Gasteiger partial charge in [0, 0.05) is 29.6 Å². The summed E-state index contributed by atoms with van der Waals surface area (Å²) in [5, 5.41) is 6.00. The predicted molar refractivity (Wildman–Crippen MR) is 110 cm³/mol. The van der Waals surface area contributed by atoms with Crippen LogP contribution in [-0.4, -0.2) is 16.6 Å². The van der Waals surface area contributed by atoms with E-state index in [1.807, 2.05) is 43.3 Å². The van der Waals surface area contributed by atoms with Crippen LogP contribution in [0.15, 0.2) is 48.5 Å². The maximum atomic E-state index is 6.45. The average Bonchev–Trinajstić information content (AvgIpc) is 3.18. The summed E-state index contributed by atoms with van der Waals surface area (Å²) < 4.78 is 6.01. The van der Waals surface area contributed by atoms with Crippen molar-refractivity contribution in [2.24, 2.45) is 0 Å². The number of fused-ring (bicyclic) bond motifs is 5. The summed E-state index contributed by atoms with van der Waals surface area (Å²) in [6, 6.07) is 16.1. The van der Waals surface area contributed by atoms with Crippen LogP contribution < -0.4 is 10.1 Å². The number of hydrogen-bond donors (Lipinski definition) is 1. The second-order valence-electron chi connectivity index (χ2n) is 6.76. The Morgan fingerprint density at radius 3 is 2.74 bits per heavy atom. The van der Waals surface area contributed by atoms with Crippen molar-refractivity contribution in [3.8, 4) is 5.75 Å². The molecular weight excluding hydrogens is 358 g/mol. The Kier molecular flexibility index (Phi) is 3.87. The first-order valence-corrected chi connectivity index (χ1v) is 9.42. The molecule has 3 heterocycles. The fraction of sp³-hybridized carbons (Fsp3) is 0.182. The summed E-state index contributed by atoms with van der Waals surface area (Å²) in [5.74, 6) is 1.67. The van der Waals surface area contributed by atoms with Gasteiger partial charge in [0.25, 0.3) is 0 Å². The van der Waals surface area contributed by atoms with Gasteiger partial charge in [-0.1, -0.05) is 54.1 Å². The van der Waals surface area contributed by atoms with Gasteiger partial charge in [-0.15, -0.1) is 0 Å². The summed E-state index contributed by atoms with van der Waals surface area (Å²) >= 11 is 6.45. The highest BCUT2D eigenvalue weighted by atomic mass is 35.5. The second kappa shape index (κ2) is 6.39. The molecular formula is C22H18ClN3O. The number of para-hydroxylation sites is 1. The third-order valence-electron chi connectivity index (χ3n) is 5.06. The van der Waals surface area contributed by atoms with E-state index >= 15 is 0 Å². The van der Waals surface area contributed by atoms with Crippen LogP contribution in [0.4, 0.5) is 5.82 Å². The maximum Gasteiger partial charge on any atom is 0.140 e. The minimum Gasteiger partial charge on any atom is -0.492 e. The van der Waals surface area contributed by atoms with E-state index in [0.717, 1.165) is 45.5 Å². The van der Waals surface area contributed by atoms with E-state index in [0.29, 0.717) is 18.2 Å². The first-order valence-electron chi connectivity index (χ1n) is 9.04. The van der Waals surface area contributed by atoms with Crippen LogP contribution in [0.3, 0.4) is 0 Å². The molecule has 0 saturated heterocycles. The number of pyridine rings is 2. The molecule has 0 aliphatic carbocycles. The van der Waals surface area contributed by atoms with Crippen LogP contribution >= 0.6 is 11.6 Å². The fourth-order valence-corrected chi connectivity index (χ4v) is 3.95. The normalized spacial score (nSPS) is 13.0. The number of anilines is 1. The third-order valence-corrected chi connectivity index (χ3v) is 5.36. The van der Waals surface area contributed by atoms with Crippen LogP contribution in [0.2, 0.25) is 5.02 Å². The van der Waals surface area contributed by atoms with Gasteiger partial charge in [-0.25, -0.2) is 4.98 Å². The molecule has 1 N–H and O–H groups in total. The van der Waals surface area contributed by atoms with E-state index in [4.69, 9.17) is 26.3 Å². The van der Waals surface area contributed by atoms with E-state index in [2.05, 4.69) is 17.4 Å². The Balaban J connectivity index is 1.77. The van der Waals surface area contributed by atoms with Crippen molar-refractivity contribution in [3.05, 3.63) is 70.4 Å². The molecule has 1 aliphatic rings. The zero-order valence-corrected chi connectivity index (χ0v) is 15.7. The van der Waals surface area contributed by atoms with Gasteiger partial charge < -0.3 is 10.1 Å². The molecule has 0 fully saturated rings. The molecule has 5 rings (SSSR count). The molecule has 0 spiro atoms. The summed E-state index contributed by atoms with van der Waals surface area (Å²) in [4.78, 5) is 9.78. The van der Waals surface area contributed by atoms with Crippen molar-refractivity contribution in [2.75, 3.05) is 11.9 Å². The quantitative estimate of drug-likeness (QED) is 0.494. The zero-order chi connectivity index (χ0) is 18.4. The first-order chi connectivity index (χ1) is 13.2. The highest BCUT2D eigenvalue weighted by Crippen LogP contribution is 2.42. The molecule has 134 valence electrons. The number of aromatic nitrogens is 2. The van der Waals surface area contributed by atoms with Crippen molar-refractivity contribution in [1.29, 1.82) is 0 Å². The molecule has 27 heavy (non-hydrogen) atoms. The Labute approximate surface area is 162 Å². The van der Waals surface area contributed by atoms with E-state index < -0.39 is 0 Å². The lowest BCUT2D eigenvalue weighted by molar-refractivity contribution is 0.360. The molecule has 0 radical (unpaired) electrons. The minimum atomic E-state index is 0.623. The Bertz CT molecular complexity index is 1170. The number of aryl methyl sites for hydroxylation is 1. The highest BCUT2D eigenvalue weighted by molar-refractivity contribution is 6.36. The second-order valence-corrected chi connectivity index (χ2v) is 7.17. The first kappa shape index (κ1) is 16.3. The molecule has 0 bridgehead atoms. The lowest BCUT2D eigenvalue weighted by Crippen LogP contribution is -2.04.